The fourth-order valence-corrected chi connectivity index (χ4v) is 4.75. The lowest BCUT2D eigenvalue weighted by molar-refractivity contribution is -0.115. The monoisotopic (exact) mass is 392 g/mol. The van der Waals surface area contributed by atoms with Gasteiger partial charge in [-0.1, -0.05) is 13.0 Å². The quantitative estimate of drug-likeness (QED) is 0.782. The van der Waals surface area contributed by atoms with Gasteiger partial charge in [0.25, 0.3) is 0 Å². The lowest BCUT2D eigenvalue weighted by Crippen LogP contribution is -2.18. The maximum absolute atomic E-state index is 13.5. The van der Waals surface area contributed by atoms with E-state index in [0.717, 1.165) is 16.8 Å². The normalized spacial score (nSPS) is 11.6. The number of hydrogen-bond donors (Lipinski definition) is 1. The molecule has 6 nitrogen and oxygen atoms in total. The summed E-state index contributed by atoms with van der Waals surface area (Å²) in [5.74, 6) is 0.0785. The molecule has 0 saturated carbocycles. The van der Waals surface area contributed by atoms with Crippen molar-refractivity contribution in [3.8, 4) is 0 Å². The molecule has 0 aliphatic heterocycles. The molecule has 1 heterocycles. The number of benzene rings is 1. The van der Waals surface area contributed by atoms with Gasteiger partial charge in [0.1, 0.15) is 10.7 Å². The molecule has 27 heavy (non-hydrogen) atoms. The van der Waals surface area contributed by atoms with E-state index in [9.17, 15) is 13.2 Å². The highest BCUT2D eigenvalue weighted by atomic mass is 32.2. The van der Waals surface area contributed by atoms with Gasteiger partial charge in [-0.3, -0.25) is 4.79 Å². The SMILES string of the molecule is CCC(=O)Nc1c(S(=O)(=O)c2ccc(C)c(C)c2)c(C)c(C)n1CCOC. The largest absolute Gasteiger partial charge is 0.383 e. The van der Waals surface area contributed by atoms with E-state index in [2.05, 4.69) is 5.32 Å². The maximum atomic E-state index is 13.5. The van der Waals surface area contributed by atoms with E-state index < -0.39 is 9.84 Å². The minimum absolute atomic E-state index is 0.154. The first-order valence-corrected chi connectivity index (χ1v) is 10.4. The maximum Gasteiger partial charge on any atom is 0.225 e. The number of anilines is 1. The third kappa shape index (κ3) is 4.09. The topological polar surface area (TPSA) is 77.4 Å². The van der Waals surface area contributed by atoms with Crippen molar-refractivity contribution in [1.82, 2.24) is 4.57 Å². The van der Waals surface area contributed by atoms with Crippen molar-refractivity contribution in [2.45, 2.75) is 57.4 Å². The molecule has 0 aliphatic rings. The van der Waals surface area contributed by atoms with Gasteiger partial charge >= 0.3 is 0 Å². The first-order chi connectivity index (χ1) is 12.6. The number of ether oxygens (including phenoxy) is 1. The molecule has 2 aromatic rings. The molecule has 1 amide bonds. The number of carbonyl (C=O) groups is 1. The van der Waals surface area contributed by atoms with Gasteiger partial charge in [-0.25, -0.2) is 8.42 Å². The Bertz CT molecular complexity index is 959. The second kappa shape index (κ2) is 8.27. The third-order valence-corrected chi connectivity index (χ3v) is 6.84. The van der Waals surface area contributed by atoms with Crippen LogP contribution in [0.5, 0.6) is 0 Å². The summed E-state index contributed by atoms with van der Waals surface area (Å²) >= 11 is 0. The van der Waals surface area contributed by atoms with Crippen LogP contribution >= 0.6 is 0 Å². The predicted octanol–water partition coefficient (Wildman–Crippen LogP) is 3.55. The number of aryl methyl sites for hydroxylation is 2. The number of nitrogens with zero attached hydrogens (tertiary/aromatic N) is 1. The van der Waals surface area contributed by atoms with Gasteiger partial charge in [-0.05, 0) is 56.5 Å². The van der Waals surface area contributed by atoms with E-state index in [1.807, 2.05) is 20.8 Å². The van der Waals surface area contributed by atoms with Gasteiger partial charge in [0, 0.05) is 25.8 Å². The lowest BCUT2D eigenvalue weighted by atomic mass is 10.1. The summed E-state index contributed by atoms with van der Waals surface area (Å²) in [6, 6.07) is 5.10. The van der Waals surface area contributed by atoms with E-state index in [1.165, 1.54) is 0 Å². The number of sulfone groups is 1. The molecule has 7 heteroatoms. The molecule has 0 atom stereocenters. The average molecular weight is 393 g/mol. The molecule has 1 N–H and O–H groups in total. The van der Waals surface area contributed by atoms with Gasteiger partial charge in [0.15, 0.2) is 0 Å². The Morgan fingerprint density at radius 2 is 1.81 bits per heavy atom. The molecule has 1 aromatic carbocycles. The summed E-state index contributed by atoms with van der Waals surface area (Å²) in [5, 5.41) is 2.79. The molecule has 148 valence electrons. The summed E-state index contributed by atoms with van der Waals surface area (Å²) in [7, 11) is -2.21. The number of carbonyl (C=O) groups excluding carboxylic acids is 1. The predicted molar refractivity (Wildman–Crippen MR) is 106 cm³/mol. The number of methoxy groups -OCH3 is 1. The molecule has 0 aliphatic carbocycles. The fraction of sp³-hybridized carbons (Fsp3) is 0.450. The molecule has 0 unspecified atom stereocenters. The molecule has 0 fully saturated rings. The second-order valence-electron chi connectivity index (χ2n) is 6.68. The molecule has 0 bridgehead atoms. The Morgan fingerprint density at radius 3 is 2.37 bits per heavy atom. The van der Waals surface area contributed by atoms with E-state index in [-0.39, 0.29) is 22.1 Å². The summed E-state index contributed by atoms with van der Waals surface area (Å²) < 4.78 is 33.9. The number of nitrogens with one attached hydrogen (secondary N) is 1. The highest BCUT2D eigenvalue weighted by molar-refractivity contribution is 7.91. The summed E-state index contributed by atoms with van der Waals surface area (Å²) in [6.07, 6.45) is 0.261. The average Bonchev–Trinajstić information content (AvgIpc) is 2.86. The molecule has 0 radical (unpaired) electrons. The molecule has 1 aromatic heterocycles. The minimum Gasteiger partial charge on any atom is -0.383 e. The van der Waals surface area contributed by atoms with Crippen molar-refractivity contribution in [2.24, 2.45) is 0 Å². The van der Waals surface area contributed by atoms with Gasteiger partial charge in [-0.2, -0.15) is 0 Å². The zero-order valence-corrected chi connectivity index (χ0v) is 17.7. The van der Waals surface area contributed by atoms with Crippen LogP contribution in [0, 0.1) is 27.7 Å². The van der Waals surface area contributed by atoms with E-state index in [0.29, 0.717) is 24.5 Å². The second-order valence-corrected chi connectivity index (χ2v) is 8.57. The Morgan fingerprint density at radius 1 is 1.15 bits per heavy atom. The van der Waals surface area contributed by atoms with Gasteiger partial charge in [-0.15, -0.1) is 0 Å². The Hall–Kier alpha value is -2.12. The molecule has 0 spiro atoms. The zero-order valence-electron chi connectivity index (χ0n) is 16.8. The van der Waals surface area contributed by atoms with Gasteiger partial charge < -0.3 is 14.6 Å². The van der Waals surface area contributed by atoms with Gasteiger partial charge in [0.05, 0.1) is 11.5 Å². The van der Waals surface area contributed by atoms with Crippen LogP contribution in [-0.4, -0.2) is 32.6 Å². The fourth-order valence-electron chi connectivity index (χ4n) is 2.97. The van der Waals surface area contributed by atoms with Gasteiger partial charge in [0.2, 0.25) is 15.7 Å². The number of amides is 1. The van der Waals surface area contributed by atoms with Crippen molar-refractivity contribution in [2.75, 3.05) is 19.0 Å². The van der Waals surface area contributed by atoms with E-state index in [4.69, 9.17) is 4.74 Å². The smallest absolute Gasteiger partial charge is 0.225 e. The molecular formula is C20H28N2O4S. The lowest BCUT2D eigenvalue weighted by Gasteiger charge is -2.14. The van der Waals surface area contributed by atoms with Crippen molar-refractivity contribution in [1.29, 1.82) is 0 Å². The molecular weight excluding hydrogens is 364 g/mol. The zero-order chi connectivity index (χ0) is 20.4. The van der Waals surface area contributed by atoms with Crippen LogP contribution < -0.4 is 5.32 Å². The summed E-state index contributed by atoms with van der Waals surface area (Å²) in [5.41, 5.74) is 3.36. The van der Waals surface area contributed by atoms with Crippen molar-refractivity contribution in [3.63, 3.8) is 0 Å². The van der Waals surface area contributed by atoms with Crippen LogP contribution in [0.2, 0.25) is 0 Å². The number of aromatic nitrogens is 1. The van der Waals surface area contributed by atoms with Crippen LogP contribution in [-0.2, 0) is 25.9 Å². The number of hydrogen-bond acceptors (Lipinski definition) is 4. The van der Waals surface area contributed by atoms with Crippen LogP contribution in [0.1, 0.15) is 35.7 Å². The summed E-state index contributed by atoms with van der Waals surface area (Å²) in [4.78, 5) is 12.5. The summed E-state index contributed by atoms with van der Waals surface area (Å²) in [6.45, 7) is 10.0. The first-order valence-electron chi connectivity index (χ1n) is 8.95. The Balaban J connectivity index is 2.72. The Labute approximate surface area is 161 Å². The first kappa shape index (κ1) is 21.2. The van der Waals surface area contributed by atoms with E-state index >= 15 is 0 Å². The standard InChI is InChI=1S/C20H28N2O4S/c1-7-18(23)21-20-19(15(4)16(5)22(20)10-11-26-6)27(24,25)17-9-8-13(2)14(3)12-17/h8-9,12H,7,10-11H2,1-6H3,(H,21,23). The highest BCUT2D eigenvalue weighted by Crippen LogP contribution is 2.35. The minimum atomic E-state index is -3.80. The van der Waals surface area contributed by atoms with Crippen LogP contribution in [0.4, 0.5) is 5.82 Å². The van der Waals surface area contributed by atoms with Crippen molar-refractivity contribution < 1.29 is 17.9 Å². The van der Waals surface area contributed by atoms with Crippen LogP contribution in [0.15, 0.2) is 28.0 Å². The third-order valence-electron chi connectivity index (χ3n) is 4.93. The van der Waals surface area contributed by atoms with Crippen molar-refractivity contribution in [3.05, 3.63) is 40.6 Å². The Kier molecular flexibility index (Phi) is 6.49. The van der Waals surface area contributed by atoms with Crippen LogP contribution in [0.3, 0.4) is 0 Å². The molecule has 0 saturated heterocycles. The van der Waals surface area contributed by atoms with Crippen LogP contribution in [0.25, 0.3) is 0 Å². The van der Waals surface area contributed by atoms with E-state index in [1.54, 1.807) is 43.7 Å². The van der Waals surface area contributed by atoms with Crippen molar-refractivity contribution >= 4 is 21.6 Å². The number of rotatable bonds is 7. The highest BCUT2D eigenvalue weighted by Gasteiger charge is 2.30. The molecule has 2 rings (SSSR count).